The van der Waals surface area contributed by atoms with Crippen LogP contribution in [0.3, 0.4) is 0 Å². The molecule has 3 nitrogen and oxygen atoms in total. The minimum absolute atomic E-state index is 0.174. The summed E-state index contributed by atoms with van der Waals surface area (Å²) in [7, 11) is 0. The van der Waals surface area contributed by atoms with Crippen molar-refractivity contribution in [3.8, 4) is 11.5 Å². The molecule has 1 saturated carbocycles. The zero-order chi connectivity index (χ0) is 21.9. The van der Waals surface area contributed by atoms with E-state index in [0.29, 0.717) is 12.4 Å². The van der Waals surface area contributed by atoms with Gasteiger partial charge in [0, 0.05) is 0 Å². The van der Waals surface area contributed by atoms with Crippen LogP contribution in [-0.4, -0.2) is 12.6 Å². The summed E-state index contributed by atoms with van der Waals surface area (Å²) in [5, 5.41) is 0. The second-order valence-corrected chi connectivity index (χ2v) is 8.44. The highest BCUT2D eigenvalue weighted by atomic mass is 19.1. The number of hydrogen-bond donors (Lipinski definition) is 0. The van der Waals surface area contributed by atoms with Gasteiger partial charge in [-0.2, -0.15) is 0 Å². The second-order valence-electron chi connectivity index (χ2n) is 8.44. The third-order valence-corrected chi connectivity index (χ3v) is 5.96. The van der Waals surface area contributed by atoms with E-state index in [4.69, 9.17) is 9.47 Å². The molecule has 2 aromatic carbocycles. The SMILES string of the molecule is CCCCCCOc1ccc(C(=O)Oc2ccc(CCC3CC[CH]CC3)cc2)cc1F. The first kappa shape index (κ1) is 23.3. The zero-order valence-corrected chi connectivity index (χ0v) is 18.6. The van der Waals surface area contributed by atoms with Crippen molar-refractivity contribution in [2.75, 3.05) is 6.61 Å². The number of halogens is 1. The molecule has 0 heterocycles. The van der Waals surface area contributed by atoms with E-state index in [2.05, 4.69) is 13.3 Å². The summed E-state index contributed by atoms with van der Waals surface area (Å²) >= 11 is 0. The van der Waals surface area contributed by atoms with E-state index in [0.717, 1.165) is 38.0 Å². The number of benzene rings is 2. The lowest BCUT2D eigenvalue weighted by Crippen LogP contribution is -2.10. The zero-order valence-electron chi connectivity index (χ0n) is 18.6. The number of hydrogen-bond acceptors (Lipinski definition) is 3. The van der Waals surface area contributed by atoms with Gasteiger partial charge < -0.3 is 9.47 Å². The number of carbonyl (C=O) groups excluding carboxylic acids is 1. The van der Waals surface area contributed by atoms with Gasteiger partial charge in [-0.05, 0) is 80.3 Å². The number of ether oxygens (including phenoxy) is 2. The number of carbonyl (C=O) groups is 1. The average molecular weight is 426 g/mol. The topological polar surface area (TPSA) is 35.5 Å². The van der Waals surface area contributed by atoms with Gasteiger partial charge in [-0.1, -0.05) is 51.2 Å². The van der Waals surface area contributed by atoms with Gasteiger partial charge in [0.15, 0.2) is 11.6 Å². The van der Waals surface area contributed by atoms with Gasteiger partial charge in [0.1, 0.15) is 5.75 Å². The number of unbranched alkanes of at least 4 members (excludes halogenated alkanes) is 3. The summed E-state index contributed by atoms with van der Waals surface area (Å²) < 4.78 is 25.2. The van der Waals surface area contributed by atoms with Crippen LogP contribution in [0.25, 0.3) is 0 Å². The Morgan fingerprint density at radius 2 is 1.81 bits per heavy atom. The van der Waals surface area contributed by atoms with E-state index in [1.165, 1.54) is 49.8 Å². The minimum Gasteiger partial charge on any atom is -0.491 e. The molecule has 167 valence electrons. The van der Waals surface area contributed by atoms with Crippen molar-refractivity contribution < 1.29 is 18.7 Å². The Balaban J connectivity index is 1.47. The normalized spacial score (nSPS) is 14.4. The fourth-order valence-corrected chi connectivity index (χ4v) is 4.00. The summed E-state index contributed by atoms with van der Waals surface area (Å²) in [4.78, 5) is 12.4. The van der Waals surface area contributed by atoms with E-state index >= 15 is 0 Å². The predicted octanol–water partition coefficient (Wildman–Crippen LogP) is 7.33. The lowest BCUT2D eigenvalue weighted by Gasteiger charge is -2.21. The molecule has 1 aliphatic rings. The van der Waals surface area contributed by atoms with E-state index in [1.54, 1.807) is 6.07 Å². The third kappa shape index (κ3) is 7.68. The van der Waals surface area contributed by atoms with Crippen LogP contribution in [0.5, 0.6) is 11.5 Å². The maximum atomic E-state index is 14.3. The quantitative estimate of drug-likeness (QED) is 0.215. The molecule has 0 aromatic heterocycles. The molecule has 0 unspecified atom stereocenters. The summed E-state index contributed by atoms with van der Waals surface area (Å²) in [6.45, 7) is 2.62. The summed E-state index contributed by atoms with van der Waals surface area (Å²) in [5.74, 6) is 0.354. The van der Waals surface area contributed by atoms with Gasteiger partial charge in [-0.25, -0.2) is 9.18 Å². The average Bonchev–Trinajstić information content (AvgIpc) is 2.80. The van der Waals surface area contributed by atoms with Crippen molar-refractivity contribution in [2.45, 2.75) is 71.1 Å². The summed E-state index contributed by atoms with van der Waals surface area (Å²) in [6, 6.07) is 11.9. The van der Waals surface area contributed by atoms with Gasteiger partial charge in [0.05, 0.1) is 12.2 Å². The van der Waals surface area contributed by atoms with Gasteiger partial charge >= 0.3 is 5.97 Å². The molecule has 4 heteroatoms. The smallest absolute Gasteiger partial charge is 0.343 e. The summed E-state index contributed by atoms with van der Waals surface area (Å²) in [6.07, 6.45) is 14.0. The predicted molar refractivity (Wildman–Crippen MR) is 122 cm³/mol. The Bertz CT molecular complexity index is 810. The van der Waals surface area contributed by atoms with E-state index in [9.17, 15) is 9.18 Å². The standard InChI is InChI=1S/C27H34FO3/c1-2-3-4-8-19-30-26-18-15-23(20-25(26)28)27(29)31-24-16-13-22(14-17-24)12-11-21-9-6-5-7-10-21/h5,13-18,20-21H,2-4,6-12,19H2,1H3. The lowest BCUT2D eigenvalue weighted by molar-refractivity contribution is 0.0734. The van der Waals surface area contributed by atoms with Crippen LogP contribution < -0.4 is 9.47 Å². The molecule has 2 aromatic rings. The molecule has 0 saturated heterocycles. The van der Waals surface area contributed by atoms with Crippen LogP contribution in [0.4, 0.5) is 4.39 Å². The first-order valence-corrected chi connectivity index (χ1v) is 11.7. The molecular weight excluding hydrogens is 391 g/mol. The fraction of sp³-hybridized carbons (Fsp3) is 0.481. The Kier molecular flexibility index (Phi) is 9.39. The van der Waals surface area contributed by atoms with Gasteiger partial charge in [-0.3, -0.25) is 0 Å². The first-order chi connectivity index (χ1) is 15.2. The van der Waals surface area contributed by atoms with Crippen molar-refractivity contribution in [3.05, 3.63) is 65.8 Å². The highest BCUT2D eigenvalue weighted by Gasteiger charge is 2.15. The molecule has 0 aliphatic heterocycles. The van der Waals surface area contributed by atoms with Crippen LogP contribution in [0.1, 0.15) is 80.6 Å². The largest absolute Gasteiger partial charge is 0.491 e. The van der Waals surface area contributed by atoms with Crippen molar-refractivity contribution in [1.82, 2.24) is 0 Å². The van der Waals surface area contributed by atoms with Crippen LogP contribution >= 0.6 is 0 Å². The maximum absolute atomic E-state index is 14.3. The molecule has 31 heavy (non-hydrogen) atoms. The molecule has 3 rings (SSSR count). The molecule has 1 radical (unpaired) electrons. The monoisotopic (exact) mass is 425 g/mol. The molecule has 1 fully saturated rings. The maximum Gasteiger partial charge on any atom is 0.343 e. The second kappa shape index (κ2) is 12.5. The van der Waals surface area contributed by atoms with E-state index < -0.39 is 11.8 Å². The number of esters is 1. The highest BCUT2D eigenvalue weighted by molar-refractivity contribution is 5.91. The van der Waals surface area contributed by atoms with Crippen molar-refractivity contribution in [2.24, 2.45) is 5.92 Å². The number of aryl methyl sites for hydroxylation is 1. The van der Waals surface area contributed by atoms with Gasteiger partial charge in [0.2, 0.25) is 0 Å². The van der Waals surface area contributed by atoms with Crippen LogP contribution in [0.15, 0.2) is 42.5 Å². The fourth-order valence-electron chi connectivity index (χ4n) is 4.00. The van der Waals surface area contributed by atoms with Gasteiger partial charge in [0.25, 0.3) is 0 Å². The molecule has 0 bridgehead atoms. The van der Waals surface area contributed by atoms with Crippen LogP contribution in [-0.2, 0) is 6.42 Å². The minimum atomic E-state index is -0.570. The van der Waals surface area contributed by atoms with E-state index in [1.807, 2.05) is 24.3 Å². The number of rotatable bonds is 11. The molecule has 0 N–H and O–H groups in total. The third-order valence-electron chi connectivity index (χ3n) is 5.96. The lowest BCUT2D eigenvalue weighted by atomic mass is 9.85. The summed E-state index contributed by atoms with van der Waals surface area (Å²) in [5.41, 5.74) is 1.43. The van der Waals surface area contributed by atoms with Crippen molar-refractivity contribution in [1.29, 1.82) is 0 Å². The van der Waals surface area contributed by atoms with Crippen LogP contribution in [0, 0.1) is 18.2 Å². The van der Waals surface area contributed by atoms with Crippen molar-refractivity contribution in [3.63, 3.8) is 0 Å². The Morgan fingerprint density at radius 3 is 2.52 bits per heavy atom. The first-order valence-electron chi connectivity index (χ1n) is 11.7. The Morgan fingerprint density at radius 1 is 1.03 bits per heavy atom. The van der Waals surface area contributed by atoms with Crippen LogP contribution in [0.2, 0.25) is 0 Å². The van der Waals surface area contributed by atoms with Crippen molar-refractivity contribution >= 4 is 5.97 Å². The Labute approximate surface area is 186 Å². The molecule has 1 aliphatic carbocycles. The highest BCUT2D eigenvalue weighted by Crippen LogP contribution is 2.27. The van der Waals surface area contributed by atoms with E-state index in [-0.39, 0.29) is 11.3 Å². The Hall–Kier alpha value is -2.36. The van der Waals surface area contributed by atoms with Gasteiger partial charge in [-0.15, -0.1) is 0 Å². The molecule has 0 atom stereocenters. The molecule has 0 spiro atoms. The molecule has 0 amide bonds. The molecular formula is C27H34FO3.